The number of nitrogens with one attached hydrogen (secondary N) is 1. The Morgan fingerprint density at radius 2 is 1.48 bits per heavy atom. The van der Waals surface area contributed by atoms with E-state index in [4.69, 9.17) is 11.6 Å². The van der Waals surface area contributed by atoms with Crippen LogP contribution < -0.4 is 5.32 Å². The largest absolute Gasteiger partial charge is 0.350 e. The maximum absolute atomic E-state index is 13.6. The van der Waals surface area contributed by atoms with Crippen LogP contribution in [0, 0.1) is 5.82 Å². The van der Waals surface area contributed by atoms with Gasteiger partial charge in [-0.05, 0) is 40.8 Å². The van der Waals surface area contributed by atoms with Gasteiger partial charge in [0.1, 0.15) is 11.5 Å². The minimum atomic E-state index is -0.466. The molecule has 4 aromatic rings. The molecule has 162 valence electrons. The number of benzene rings is 4. The van der Waals surface area contributed by atoms with Gasteiger partial charge in [-0.25, -0.2) is 4.39 Å². The zero-order chi connectivity index (χ0) is 22.9. The van der Waals surface area contributed by atoms with E-state index in [1.807, 2.05) is 42.5 Å². The molecule has 0 saturated carbocycles. The van der Waals surface area contributed by atoms with E-state index in [2.05, 4.69) is 5.32 Å². The third kappa shape index (κ3) is 3.88. The maximum Gasteiger partial charge on any atom is 0.278 e. The Morgan fingerprint density at radius 1 is 0.788 bits per heavy atom. The molecule has 6 heteroatoms. The van der Waals surface area contributed by atoms with Crippen LogP contribution in [0.2, 0.25) is 5.02 Å². The molecule has 33 heavy (non-hydrogen) atoms. The van der Waals surface area contributed by atoms with E-state index in [1.165, 1.54) is 24.3 Å². The number of imide groups is 1. The van der Waals surface area contributed by atoms with E-state index >= 15 is 0 Å². The van der Waals surface area contributed by atoms with Gasteiger partial charge in [-0.1, -0.05) is 78.3 Å². The van der Waals surface area contributed by atoms with E-state index in [1.54, 1.807) is 24.3 Å². The van der Waals surface area contributed by atoms with E-state index < -0.39 is 17.6 Å². The van der Waals surface area contributed by atoms with Crippen molar-refractivity contribution in [3.8, 4) is 0 Å². The molecule has 4 aromatic carbocycles. The van der Waals surface area contributed by atoms with E-state index in [9.17, 15) is 14.0 Å². The molecule has 1 N–H and O–H groups in total. The number of anilines is 1. The average Bonchev–Trinajstić information content (AvgIpc) is 3.05. The number of nitrogens with zero attached hydrogens (tertiary/aromatic N) is 1. The zero-order valence-electron chi connectivity index (χ0n) is 17.4. The Morgan fingerprint density at radius 3 is 2.27 bits per heavy atom. The summed E-state index contributed by atoms with van der Waals surface area (Å²) in [5, 5.41) is 5.58. The Labute approximate surface area is 194 Å². The summed E-state index contributed by atoms with van der Waals surface area (Å²) in [5.41, 5.74) is 2.16. The Kier molecular flexibility index (Phi) is 5.40. The fourth-order valence-electron chi connectivity index (χ4n) is 3.99. The molecular weight excluding hydrogens is 439 g/mol. The molecule has 0 radical (unpaired) electrons. The predicted molar refractivity (Wildman–Crippen MR) is 128 cm³/mol. The van der Waals surface area contributed by atoms with E-state index in [0.717, 1.165) is 15.7 Å². The van der Waals surface area contributed by atoms with Crippen LogP contribution in [0.5, 0.6) is 0 Å². The van der Waals surface area contributed by atoms with Crippen molar-refractivity contribution in [3.63, 3.8) is 0 Å². The number of hydrogen-bond donors (Lipinski definition) is 1. The number of fused-ring (bicyclic) bond motifs is 1. The number of carbonyl (C=O) groups excluding carboxylic acids is 2. The first kappa shape index (κ1) is 20.9. The second-order valence-electron chi connectivity index (χ2n) is 7.70. The first-order valence-electron chi connectivity index (χ1n) is 10.4. The van der Waals surface area contributed by atoms with Crippen molar-refractivity contribution < 1.29 is 14.0 Å². The number of carbonyl (C=O) groups is 2. The lowest BCUT2D eigenvalue weighted by atomic mass is 10.0. The first-order chi connectivity index (χ1) is 16.0. The van der Waals surface area contributed by atoms with Crippen LogP contribution in [0.15, 0.2) is 96.7 Å². The van der Waals surface area contributed by atoms with Crippen LogP contribution >= 0.6 is 11.6 Å². The van der Waals surface area contributed by atoms with Gasteiger partial charge < -0.3 is 5.32 Å². The van der Waals surface area contributed by atoms with Crippen molar-refractivity contribution in [2.45, 2.75) is 6.54 Å². The van der Waals surface area contributed by atoms with Crippen LogP contribution in [0.1, 0.15) is 11.1 Å². The molecule has 4 nitrogen and oxygen atoms in total. The maximum atomic E-state index is 13.6. The van der Waals surface area contributed by atoms with Gasteiger partial charge in [-0.15, -0.1) is 0 Å². The second-order valence-corrected chi connectivity index (χ2v) is 8.10. The molecule has 0 bridgehead atoms. The van der Waals surface area contributed by atoms with Crippen LogP contribution in [-0.4, -0.2) is 16.7 Å². The quantitative estimate of drug-likeness (QED) is 0.373. The van der Waals surface area contributed by atoms with Crippen molar-refractivity contribution in [2.24, 2.45) is 0 Å². The van der Waals surface area contributed by atoms with Gasteiger partial charge in [0.25, 0.3) is 11.8 Å². The molecule has 0 spiro atoms. The molecule has 2 amide bonds. The smallest absolute Gasteiger partial charge is 0.278 e. The van der Waals surface area contributed by atoms with Crippen LogP contribution in [0.25, 0.3) is 16.3 Å². The highest BCUT2D eigenvalue weighted by atomic mass is 35.5. The summed E-state index contributed by atoms with van der Waals surface area (Å²) in [6, 6.07) is 26.1. The molecule has 0 aromatic heterocycles. The van der Waals surface area contributed by atoms with Crippen LogP contribution in [0.4, 0.5) is 10.1 Å². The fourth-order valence-corrected chi connectivity index (χ4v) is 4.18. The third-order valence-electron chi connectivity index (χ3n) is 5.64. The van der Waals surface area contributed by atoms with E-state index in [-0.39, 0.29) is 17.8 Å². The molecule has 0 saturated heterocycles. The highest BCUT2D eigenvalue weighted by Crippen LogP contribution is 2.34. The first-order valence-corrected chi connectivity index (χ1v) is 10.8. The summed E-state index contributed by atoms with van der Waals surface area (Å²) >= 11 is 6.28. The molecule has 0 unspecified atom stereocenters. The van der Waals surface area contributed by atoms with Crippen LogP contribution in [0.3, 0.4) is 0 Å². The van der Waals surface area contributed by atoms with Crippen molar-refractivity contribution in [1.29, 1.82) is 0 Å². The molecule has 0 fully saturated rings. The molecule has 1 aliphatic rings. The molecule has 0 atom stereocenters. The fraction of sp³-hybridized carbons (Fsp3) is 0.0370. The number of amides is 2. The van der Waals surface area contributed by atoms with Crippen molar-refractivity contribution in [3.05, 3.63) is 119 Å². The summed E-state index contributed by atoms with van der Waals surface area (Å²) in [4.78, 5) is 28.1. The lowest BCUT2D eigenvalue weighted by Crippen LogP contribution is -2.32. The summed E-state index contributed by atoms with van der Waals surface area (Å²) in [7, 11) is 0. The highest BCUT2D eigenvalue weighted by molar-refractivity contribution is 6.37. The minimum absolute atomic E-state index is 0.0305. The van der Waals surface area contributed by atoms with Crippen molar-refractivity contribution in [1.82, 2.24) is 4.90 Å². The molecular formula is C27H18ClFN2O2. The van der Waals surface area contributed by atoms with Gasteiger partial charge in [0.2, 0.25) is 0 Å². The minimum Gasteiger partial charge on any atom is -0.350 e. The molecule has 0 aliphatic carbocycles. The summed E-state index contributed by atoms with van der Waals surface area (Å²) in [5.74, 6) is -1.35. The van der Waals surface area contributed by atoms with Crippen LogP contribution in [-0.2, 0) is 16.1 Å². The normalized spacial score (nSPS) is 13.8. The SMILES string of the molecule is O=C1C(Nc2cccc3ccccc23)=C(c2ccc(F)cc2)C(=O)N1Cc1ccccc1Cl. The van der Waals surface area contributed by atoms with Gasteiger partial charge in [0, 0.05) is 16.1 Å². The zero-order valence-corrected chi connectivity index (χ0v) is 18.1. The van der Waals surface area contributed by atoms with Crippen molar-refractivity contribution in [2.75, 3.05) is 5.32 Å². The number of halogens is 2. The molecule has 1 aliphatic heterocycles. The number of rotatable bonds is 5. The lowest BCUT2D eigenvalue weighted by Gasteiger charge is -2.16. The lowest BCUT2D eigenvalue weighted by molar-refractivity contribution is -0.137. The third-order valence-corrected chi connectivity index (χ3v) is 6.01. The summed E-state index contributed by atoms with van der Waals surface area (Å²) in [6.45, 7) is 0.0305. The summed E-state index contributed by atoms with van der Waals surface area (Å²) < 4.78 is 13.6. The topological polar surface area (TPSA) is 49.4 Å². The second kappa shape index (κ2) is 8.52. The summed E-state index contributed by atoms with van der Waals surface area (Å²) in [6.07, 6.45) is 0. The molecule has 1 heterocycles. The standard InChI is InChI=1S/C27H18ClFN2O2/c28-22-10-4-2-7-19(22)16-31-26(32)24(18-12-14-20(29)15-13-18)25(27(31)33)30-23-11-5-8-17-6-1-3-9-21(17)23/h1-15,30H,16H2. The molecule has 5 rings (SSSR count). The Bertz CT molecular complexity index is 1420. The van der Waals surface area contributed by atoms with Gasteiger partial charge in [0.05, 0.1) is 12.1 Å². The Hall–Kier alpha value is -3.96. The van der Waals surface area contributed by atoms with Gasteiger partial charge in [-0.2, -0.15) is 0 Å². The van der Waals surface area contributed by atoms with Gasteiger partial charge in [0.15, 0.2) is 0 Å². The van der Waals surface area contributed by atoms with Gasteiger partial charge in [-0.3, -0.25) is 14.5 Å². The number of hydrogen-bond acceptors (Lipinski definition) is 3. The predicted octanol–water partition coefficient (Wildman–Crippen LogP) is 6.02. The average molecular weight is 457 g/mol. The van der Waals surface area contributed by atoms with E-state index in [0.29, 0.717) is 21.8 Å². The van der Waals surface area contributed by atoms with Gasteiger partial charge >= 0.3 is 0 Å². The monoisotopic (exact) mass is 456 g/mol. The Balaban J connectivity index is 1.60. The van der Waals surface area contributed by atoms with Crippen molar-refractivity contribution >= 4 is 45.4 Å². The highest BCUT2D eigenvalue weighted by Gasteiger charge is 2.39.